The Kier molecular flexibility index (Phi) is 7.97. The highest BCUT2D eigenvalue weighted by Crippen LogP contribution is 2.23. The van der Waals surface area contributed by atoms with Gasteiger partial charge in [0.15, 0.2) is 5.96 Å². The van der Waals surface area contributed by atoms with Crippen molar-refractivity contribution < 1.29 is 4.79 Å². The fourth-order valence-corrected chi connectivity index (χ4v) is 3.17. The van der Waals surface area contributed by atoms with E-state index in [9.17, 15) is 4.79 Å². The number of amides is 1. The minimum absolute atomic E-state index is 0.138. The highest BCUT2D eigenvalue weighted by molar-refractivity contribution is 5.93. The van der Waals surface area contributed by atoms with Crippen LogP contribution < -0.4 is 16.0 Å². The molecule has 0 saturated carbocycles. The molecule has 6 nitrogen and oxygen atoms in total. The molecule has 0 bridgehead atoms. The summed E-state index contributed by atoms with van der Waals surface area (Å²) >= 11 is 0. The quantitative estimate of drug-likeness (QED) is 0.308. The second kappa shape index (κ2) is 11.4. The SMILES string of the molecule is CN=C(NCCNC(=O)c1cccnc1)NCC(c1ccccc1)c1ccccc1. The molecule has 30 heavy (non-hydrogen) atoms. The zero-order valence-electron chi connectivity index (χ0n) is 17.1. The Morgan fingerprint density at radius 2 is 1.50 bits per heavy atom. The van der Waals surface area contributed by atoms with Gasteiger partial charge in [-0.15, -0.1) is 0 Å². The third kappa shape index (κ3) is 6.17. The van der Waals surface area contributed by atoms with Gasteiger partial charge in [-0.05, 0) is 23.3 Å². The lowest BCUT2D eigenvalue weighted by atomic mass is 9.91. The molecule has 154 valence electrons. The van der Waals surface area contributed by atoms with E-state index in [2.05, 4.69) is 74.5 Å². The number of carbonyl (C=O) groups is 1. The van der Waals surface area contributed by atoms with E-state index in [0.29, 0.717) is 31.2 Å². The summed E-state index contributed by atoms with van der Waals surface area (Å²) in [7, 11) is 1.74. The zero-order chi connectivity index (χ0) is 21.0. The fourth-order valence-electron chi connectivity index (χ4n) is 3.17. The van der Waals surface area contributed by atoms with Crippen LogP contribution in [0.15, 0.2) is 90.2 Å². The van der Waals surface area contributed by atoms with Crippen molar-refractivity contribution in [3.8, 4) is 0 Å². The van der Waals surface area contributed by atoms with Gasteiger partial charge in [0.2, 0.25) is 0 Å². The highest BCUT2D eigenvalue weighted by Gasteiger charge is 2.14. The van der Waals surface area contributed by atoms with Gasteiger partial charge in [0, 0.05) is 45.0 Å². The van der Waals surface area contributed by atoms with E-state index in [1.807, 2.05) is 12.1 Å². The van der Waals surface area contributed by atoms with E-state index >= 15 is 0 Å². The van der Waals surface area contributed by atoms with Gasteiger partial charge in [0.05, 0.1) is 5.56 Å². The number of rotatable bonds is 8. The normalized spacial score (nSPS) is 11.2. The maximum atomic E-state index is 12.1. The molecule has 3 rings (SSSR count). The molecule has 0 spiro atoms. The first-order chi connectivity index (χ1) is 14.8. The standard InChI is InChI=1S/C24H27N5O/c1-25-24(28-16-15-27-23(30)21-13-8-14-26-17-21)29-18-22(19-9-4-2-5-10-19)20-11-6-3-7-12-20/h2-14,17,22H,15-16,18H2,1H3,(H,27,30)(H2,25,28,29). The number of aromatic nitrogens is 1. The summed E-state index contributed by atoms with van der Waals surface area (Å²) in [6.07, 6.45) is 3.20. The second-order valence-corrected chi connectivity index (χ2v) is 6.75. The number of nitrogens with zero attached hydrogens (tertiary/aromatic N) is 2. The Bertz CT molecular complexity index is 890. The summed E-state index contributed by atoms with van der Waals surface area (Å²) in [5.74, 6) is 0.764. The Morgan fingerprint density at radius 3 is 2.07 bits per heavy atom. The van der Waals surface area contributed by atoms with Crippen molar-refractivity contribution in [2.75, 3.05) is 26.7 Å². The van der Waals surface area contributed by atoms with Gasteiger partial charge in [-0.1, -0.05) is 60.7 Å². The molecule has 0 radical (unpaired) electrons. The molecule has 3 aromatic rings. The number of hydrogen-bond donors (Lipinski definition) is 3. The van der Waals surface area contributed by atoms with Gasteiger partial charge in [0.25, 0.3) is 5.91 Å². The zero-order valence-corrected chi connectivity index (χ0v) is 17.1. The molecule has 0 aliphatic heterocycles. The van der Waals surface area contributed by atoms with Crippen molar-refractivity contribution in [1.82, 2.24) is 20.9 Å². The molecule has 0 fully saturated rings. The summed E-state index contributed by atoms with van der Waals surface area (Å²) in [6.45, 7) is 1.75. The van der Waals surface area contributed by atoms with Crippen molar-refractivity contribution in [2.45, 2.75) is 5.92 Å². The average Bonchev–Trinajstić information content (AvgIpc) is 2.82. The van der Waals surface area contributed by atoms with E-state index < -0.39 is 0 Å². The molecule has 1 aromatic heterocycles. The maximum Gasteiger partial charge on any atom is 0.252 e. The molecule has 6 heteroatoms. The Hall–Kier alpha value is -3.67. The van der Waals surface area contributed by atoms with Gasteiger partial charge < -0.3 is 16.0 Å². The third-order valence-electron chi connectivity index (χ3n) is 4.73. The van der Waals surface area contributed by atoms with Crippen LogP contribution in [0.3, 0.4) is 0 Å². The average molecular weight is 402 g/mol. The third-order valence-corrected chi connectivity index (χ3v) is 4.73. The van der Waals surface area contributed by atoms with Crippen LogP contribution in [0, 0.1) is 0 Å². The first-order valence-electron chi connectivity index (χ1n) is 10.0. The van der Waals surface area contributed by atoms with Gasteiger partial charge >= 0.3 is 0 Å². The van der Waals surface area contributed by atoms with Crippen LogP contribution in [0.2, 0.25) is 0 Å². The minimum atomic E-state index is -0.138. The minimum Gasteiger partial charge on any atom is -0.355 e. The van der Waals surface area contributed by atoms with Gasteiger partial charge in [-0.25, -0.2) is 0 Å². The molecule has 0 unspecified atom stereocenters. The van der Waals surface area contributed by atoms with Crippen LogP contribution >= 0.6 is 0 Å². The number of nitrogens with one attached hydrogen (secondary N) is 3. The van der Waals surface area contributed by atoms with E-state index in [1.165, 1.54) is 11.1 Å². The number of aliphatic imine (C=N–C) groups is 1. The number of benzene rings is 2. The number of pyridine rings is 1. The molecule has 3 N–H and O–H groups in total. The lowest BCUT2D eigenvalue weighted by molar-refractivity contribution is 0.0954. The predicted octanol–water partition coefficient (Wildman–Crippen LogP) is 2.81. The summed E-state index contributed by atoms with van der Waals surface area (Å²) in [6, 6.07) is 24.3. The largest absolute Gasteiger partial charge is 0.355 e. The van der Waals surface area contributed by atoms with Crippen LogP contribution in [0.4, 0.5) is 0 Å². The van der Waals surface area contributed by atoms with E-state index in [0.717, 1.165) is 0 Å². The van der Waals surface area contributed by atoms with Crippen molar-refractivity contribution in [3.05, 3.63) is 102 Å². The second-order valence-electron chi connectivity index (χ2n) is 6.75. The van der Waals surface area contributed by atoms with Crippen LogP contribution in [-0.4, -0.2) is 43.5 Å². The molecule has 0 saturated heterocycles. The molecular formula is C24H27N5O. The van der Waals surface area contributed by atoms with Crippen LogP contribution in [0.1, 0.15) is 27.4 Å². The monoisotopic (exact) mass is 401 g/mol. The molecule has 1 amide bonds. The molecule has 0 aliphatic carbocycles. The molecule has 0 aliphatic rings. The molecule has 0 atom stereocenters. The highest BCUT2D eigenvalue weighted by atomic mass is 16.1. The lowest BCUT2D eigenvalue weighted by Crippen LogP contribution is -2.42. The smallest absolute Gasteiger partial charge is 0.252 e. The van der Waals surface area contributed by atoms with E-state index in [4.69, 9.17) is 0 Å². The van der Waals surface area contributed by atoms with Crippen molar-refractivity contribution in [3.63, 3.8) is 0 Å². The number of carbonyl (C=O) groups excluding carboxylic acids is 1. The topological polar surface area (TPSA) is 78.4 Å². The summed E-state index contributed by atoms with van der Waals surface area (Å²) in [5.41, 5.74) is 3.04. The van der Waals surface area contributed by atoms with Crippen molar-refractivity contribution in [1.29, 1.82) is 0 Å². The van der Waals surface area contributed by atoms with E-state index in [-0.39, 0.29) is 11.8 Å². The predicted molar refractivity (Wildman–Crippen MR) is 121 cm³/mol. The van der Waals surface area contributed by atoms with Gasteiger partial charge in [-0.2, -0.15) is 0 Å². The lowest BCUT2D eigenvalue weighted by Gasteiger charge is -2.20. The van der Waals surface area contributed by atoms with Crippen LogP contribution in [0.25, 0.3) is 0 Å². The Labute approximate surface area is 177 Å². The molecule has 2 aromatic carbocycles. The first-order valence-corrected chi connectivity index (χ1v) is 10.0. The van der Waals surface area contributed by atoms with Crippen LogP contribution in [0.5, 0.6) is 0 Å². The van der Waals surface area contributed by atoms with E-state index in [1.54, 1.807) is 31.6 Å². The maximum absolute atomic E-state index is 12.1. The Morgan fingerprint density at radius 1 is 0.867 bits per heavy atom. The van der Waals surface area contributed by atoms with Crippen LogP contribution in [-0.2, 0) is 0 Å². The summed E-state index contributed by atoms with van der Waals surface area (Å²) in [4.78, 5) is 20.3. The summed E-state index contributed by atoms with van der Waals surface area (Å²) < 4.78 is 0. The number of hydrogen-bond acceptors (Lipinski definition) is 3. The molecule has 1 heterocycles. The van der Waals surface area contributed by atoms with Crippen molar-refractivity contribution >= 4 is 11.9 Å². The fraction of sp³-hybridized carbons (Fsp3) is 0.208. The molecular weight excluding hydrogens is 374 g/mol. The van der Waals surface area contributed by atoms with Gasteiger partial charge in [0.1, 0.15) is 0 Å². The number of guanidine groups is 1. The van der Waals surface area contributed by atoms with Gasteiger partial charge in [-0.3, -0.25) is 14.8 Å². The summed E-state index contributed by atoms with van der Waals surface area (Å²) in [5, 5.41) is 9.52. The first kappa shape index (κ1) is 21.0. The Balaban J connectivity index is 1.51. The van der Waals surface area contributed by atoms with Crippen molar-refractivity contribution in [2.24, 2.45) is 4.99 Å².